The highest BCUT2D eigenvalue weighted by Gasteiger charge is 2.52. The topological polar surface area (TPSA) is 124 Å². The van der Waals surface area contributed by atoms with Crippen LogP contribution in [0.3, 0.4) is 0 Å². The predicted molar refractivity (Wildman–Crippen MR) is 97.4 cm³/mol. The third-order valence-electron chi connectivity index (χ3n) is 4.19. The molecule has 1 rings (SSSR count). The molecule has 1 saturated heterocycles. The smallest absolute Gasteiger partial charge is 0.306 e. The van der Waals surface area contributed by atoms with Gasteiger partial charge >= 0.3 is 23.9 Å². The second-order valence-electron chi connectivity index (χ2n) is 6.24. The van der Waals surface area contributed by atoms with Gasteiger partial charge in [0.1, 0.15) is 12.7 Å². The Kier molecular flexibility index (Phi) is 10.6. The summed E-state index contributed by atoms with van der Waals surface area (Å²) < 4.78 is 32.4. The Morgan fingerprint density at radius 3 is 1.59 bits per heavy atom. The van der Waals surface area contributed by atoms with Gasteiger partial charge in [-0.15, -0.1) is 0 Å². The number of hydrogen-bond donors (Lipinski definition) is 0. The summed E-state index contributed by atoms with van der Waals surface area (Å²) in [7, 11) is 1.32. The van der Waals surface area contributed by atoms with E-state index in [0.29, 0.717) is 0 Å². The van der Waals surface area contributed by atoms with Crippen molar-refractivity contribution in [2.75, 3.05) is 13.7 Å². The van der Waals surface area contributed by atoms with Crippen LogP contribution in [0.15, 0.2) is 0 Å². The van der Waals surface area contributed by atoms with Crippen molar-refractivity contribution in [1.82, 2.24) is 0 Å². The fourth-order valence-corrected chi connectivity index (χ4v) is 2.59. The summed E-state index contributed by atoms with van der Waals surface area (Å²) in [4.78, 5) is 47.5. The molecule has 166 valence electrons. The second-order valence-corrected chi connectivity index (χ2v) is 6.24. The molecule has 10 heteroatoms. The van der Waals surface area contributed by atoms with E-state index in [1.165, 1.54) is 7.11 Å². The first kappa shape index (κ1) is 24.8. The molecule has 1 heterocycles. The van der Waals surface area contributed by atoms with Crippen molar-refractivity contribution in [2.24, 2.45) is 0 Å². The Hall–Kier alpha value is -2.20. The zero-order valence-electron chi connectivity index (χ0n) is 17.5. The molecule has 1 aliphatic rings. The largest absolute Gasteiger partial charge is 0.463 e. The van der Waals surface area contributed by atoms with Crippen molar-refractivity contribution in [2.45, 2.75) is 84.1 Å². The van der Waals surface area contributed by atoms with Gasteiger partial charge in [-0.1, -0.05) is 27.7 Å². The van der Waals surface area contributed by atoms with Crippen LogP contribution in [0.5, 0.6) is 0 Å². The summed E-state index contributed by atoms with van der Waals surface area (Å²) in [6.45, 7) is 6.15. The highest BCUT2D eigenvalue weighted by Crippen LogP contribution is 2.30. The first-order valence-corrected chi connectivity index (χ1v) is 9.73. The van der Waals surface area contributed by atoms with E-state index >= 15 is 0 Å². The molecule has 0 N–H and O–H groups in total. The Morgan fingerprint density at radius 1 is 0.690 bits per heavy atom. The summed E-state index contributed by atoms with van der Waals surface area (Å²) in [5.41, 5.74) is 0. The maximum absolute atomic E-state index is 12.0. The third kappa shape index (κ3) is 7.28. The number of esters is 4. The molecule has 1 fully saturated rings. The molecule has 0 amide bonds. The summed E-state index contributed by atoms with van der Waals surface area (Å²) in [5, 5.41) is 0. The van der Waals surface area contributed by atoms with Crippen LogP contribution in [0.1, 0.15) is 53.4 Å². The van der Waals surface area contributed by atoms with Crippen LogP contribution in [0.2, 0.25) is 0 Å². The second kappa shape index (κ2) is 12.4. The molecule has 0 aromatic rings. The van der Waals surface area contributed by atoms with Gasteiger partial charge < -0.3 is 28.4 Å². The van der Waals surface area contributed by atoms with Crippen molar-refractivity contribution in [3.05, 3.63) is 0 Å². The molecular weight excluding hydrogens is 388 g/mol. The lowest BCUT2D eigenvalue weighted by Gasteiger charge is -2.43. The van der Waals surface area contributed by atoms with E-state index in [1.807, 2.05) is 0 Å². The minimum Gasteiger partial charge on any atom is -0.463 e. The van der Waals surface area contributed by atoms with Gasteiger partial charge in [-0.3, -0.25) is 19.2 Å². The lowest BCUT2D eigenvalue weighted by Crippen LogP contribution is -2.63. The zero-order valence-corrected chi connectivity index (χ0v) is 17.5. The zero-order chi connectivity index (χ0) is 22.0. The summed E-state index contributed by atoms with van der Waals surface area (Å²) in [6, 6.07) is 0. The molecule has 0 aromatic carbocycles. The van der Waals surface area contributed by atoms with Gasteiger partial charge in [0.15, 0.2) is 24.6 Å². The molecule has 0 spiro atoms. The number of carbonyl (C=O) groups excluding carboxylic acids is 4. The van der Waals surface area contributed by atoms with Crippen LogP contribution in [0.4, 0.5) is 0 Å². The molecule has 1 aliphatic heterocycles. The van der Waals surface area contributed by atoms with E-state index in [1.54, 1.807) is 27.7 Å². The van der Waals surface area contributed by atoms with E-state index in [-0.39, 0.29) is 32.3 Å². The molecule has 0 unspecified atom stereocenters. The minimum absolute atomic E-state index is 0.0490. The fourth-order valence-electron chi connectivity index (χ4n) is 2.59. The first-order valence-electron chi connectivity index (χ1n) is 9.73. The number of hydrogen-bond acceptors (Lipinski definition) is 10. The highest BCUT2D eigenvalue weighted by atomic mass is 16.7. The molecule has 5 atom stereocenters. The Morgan fingerprint density at radius 2 is 1.14 bits per heavy atom. The quantitative estimate of drug-likeness (QED) is 0.378. The Labute approximate surface area is 170 Å². The molecule has 0 aromatic heterocycles. The number of carbonyl (C=O) groups is 4. The summed E-state index contributed by atoms with van der Waals surface area (Å²) in [5.74, 6) is -2.23. The van der Waals surface area contributed by atoms with Crippen molar-refractivity contribution < 1.29 is 47.6 Å². The van der Waals surface area contributed by atoms with E-state index in [0.717, 1.165) is 0 Å². The van der Waals surface area contributed by atoms with Crippen LogP contribution >= 0.6 is 0 Å². The van der Waals surface area contributed by atoms with E-state index < -0.39 is 54.6 Å². The van der Waals surface area contributed by atoms with Gasteiger partial charge in [0, 0.05) is 32.8 Å². The highest BCUT2D eigenvalue weighted by molar-refractivity contribution is 5.71. The van der Waals surface area contributed by atoms with Crippen molar-refractivity contribution in [3.63, 3.8) is 0 Å². The van der Waals surface area contributed by atoms with Gasteiger partial charge in [0.2, 0.25) is 0 Å². The first-order chi connectivity index (χ1) is 13.8. The monoisotopic (exact) mass is 418 g/mol. The van der Waals surface area contributed by atoms with Crippen LogP contribution in [-0.2, 0) is 47.6 Å². The molecule has 29 heavy (non-hydrogen) atoms. The maximum atomic E-state index is 12.0. The van der Waals surface area contributed by atoms with Crippen LogP contribution in [-0.4, -0.2) is 68.3 Å². The molecule has 10 nitrogen and oxygen atoms in total. The average molecular weight is 418 g/mol. The fraction of sp³-hybridized carbons (Fsp3) is 0.789. The summed E-state index contributed by atoms with van der Waals surface area (Å²) >= 11 is 0. The molecule has 0 radical (unpaired) electrons. The third-order valence-corrected chi connectivity index (χ3v) is 4.19. The van der Waals surface area contributed by atoms with Crippen molar-refractivity contribution >= 4 is 23.9 Å². The SMILES string of the molecule is CCC(=O)OC[C@H]1O[C@H](OC)[C@H](OC(=O)CC)[C@@H](OC(=O)CC)[C@@H]1OC(=O)CC. The predicted octanol–water partition coefficient (Wildman–Crippen LogP) is 1.28. The Bertz CT molecular complexity index is 575. The number of ether oxygens (including phenoxy) is 6. The average Bonchev–Trinajstić information content (AvgIpc) is 2.73. The molecule has 0 aliphatic carbocycles. The van der Waals surface area contributed by atoms with E-state index in [2.05, 4.69) is 0 Å². The van der Waals surface area contributed by atoms with Crippen molar-refractivity contribution in [3.8, 4) is 0 Å². The van der Waals surface area contributed by atoms with E-state index in [4.69, 9.17) is 28.4 Å². The lowest BCUT2D eigenvalue weighted by atomic mass is 9.98. The van der Waals surface area contributed by atoms with Gasteiger partial charge in [-0.2, -0.15) is 0 Å². The normalized spacial score (nSPS) is 26.3. The van der Waals surface area contributed by atoms with Crippen LogP contribution in [0, 0.1) is 0 Å². The van der Waals surface area contributed by atoms with Gasteiger partial charge in [-0.25, -0.2) is 0 Å². The minimum atomic E-state index is -1.20. The molecule has 0 bridgehead atoms. The van der Waals surface area contributed by atoms with Crippen LogP contribution in [0.25, 0.3) is 0 Å². The van der Waals surface area contributed by atoms with Crippen LogP contribution < -0.4 is 0 Å². The van der Waals surface area contributed by atoms with Crippen molar-refractivity contribution in [1.29, 1.82) is 0 Å². The van der Waals surface area contributed by atoms with E-state index in [9.17, 15) is 19.2 Å². The molecule has 0 saturated carbocycles. The molecular formula is C19H30O10. The lowest BCUT2D eigenvalue weighted by molar-refractivity contribution is -0.303. The number of rotatable bonds is 10. The standard InChI is InChI=1S/C19H30O10/c1-6-12(20)25-10-11-16(27-13(21)7-2)17(28-14(22)8-3)18(19(24-5)26-11)29-15(23)9-4/h11,16-19H,6-10H2,1-5H3/t11-,16-,17+,18-,19+/m1/s1. The Balaban J connectivity index is 3.25. The van der Waals surface area contributed by atoms with Gasteiger partial charge in [0.25, 0.3) is 0 Å². The number of methoxy groups -OCH3 is 1. The maximum Gasteiger partial charge on any atom is 0.306 e. The summed E-state index contributed by atoms with van der Waals surface area (Å²) in [6.07, 6.45) is -5.33. The van der Waals surface area contributed by atoms with Gasteiger partial charge in [-0.05, 0) is 0 Å². The van der Waals surface area contributed by atoms with Gasteiger partial charge in [0.05, 0.1) is 0 Å².